The Labute approximate surface area is 105 Å². The van der Waals surface area contributed by atoms with Gasteiger partial charge in [0, 0.05) is 11.1 Å². The smallest absolute Gasteiger partial charge is 0.194 e. The molecule has 0 amide bonds. The van der Waals surface area contributed by atoms with Crippen LogP contribution >= 0.6 is 0 Å². The first kappa shape index (κ1) is 13.4. The monoisotopic (exact) mass is 257 g/mol. The number of rotatable bonds is 1. The van der Waals surface area contributed by atoms with Crippen molar-refractivity contribution in [3.63, 3.8) is 0 Å². The Balaban J connectivity index is 2.49. The second-order valence-electron chi connectivity index (χ2n) is 5.55. The van der Waals surface area contributed by atoms with Crippen molar-refractivity contribution in [2.24, 2.45) is 17.6 Å². The van der Waals surface area contributed by atoms with Gasteiger partial charge >= 0.3 is 0 Å². The molecule has 0 spiro atoms. The predicted octanol–water partition coefficient (Wildman–Crippen LogP) is 3.71. The molecule has 1 aliphatic carbocycles. The molecular formula is C14H18F3N. The Morgan fingerprint density at radius 3 is 2.44 bits per heavy atom. The lowest BCUT2D eigenvalue weighted by atomic mass is 9.67. The molecule has 1 aliphatic rings. The van der Waals surface area contributed by atoms with Gasteiger partial charge in [0.15, 0.2) is 17.5 Å². The molecule has 0 radical (unpaired) electrons. The minimum atomic E-state index is -1.43. The van der Waals surface area contributed by atoms with Gasteiger partial charge in [0.05, 0.1) is 0 Å². The predicted molar refractivity (Wildman–Crippen MR) is 64.4 cm³/mol. The van der Waals surface area contributed by atoms with E-state index in [1.165, 1.54) is 6.07 Å². The topological polar surface area (TPSA) is 26.0 Å². The van der Waals surface area contributed by atoms with Gasteiger partial charge in [-0.05, 0) is 30.7 Å². The second kappa shape index (κ2) is 4.57. The van der Waals surface area contributed by atoms with Crippen LogP contribution in [-0.4, -0.2) is 0 Å². The number of halogens is 3. The van der Waals surface area contributed by atoms with E-state index < -0.39 is 23.0 Å². The summed E-state index contributed by atoms with van der Waals surface area (Å²) in [6.07, 6.45) is 2.50. The SMILES string of the molecule is CC1CCC(C)C(N)(c2ccc(F)c(F)c2F)C1. The van der Waals surface area contributed by atoms with Gasteiger partial charge in [-0.1, -0.05) is 26.3 Å². The molecule has 100 valence electrons. The van der Waals surface area contributed by atoms with Crippen LogP contribution in [0.1, 0.15) is 38.7 Å². The van der Waals surface area contributed by atoms with E-state index in [0.717, 1.165) is 18.9 Å². The average molecular weight is 257 g/mol. The van der Waals surface area contributed by atoms with Crippen LogP contribution in [0, 0.1) is 29.3 Å². The van der Waals surface area contributed by atoms with Crippen molar-refractivity contribution in [3.8, 4) is 0 Å². The summed E-state index contributed by atoms with van der Waals surface area (Å²) in [4.78, 5) is 0. The first-order chi connectivity index (χ1) is 8.36. The maximum absolute atomic E-state index is 13.9. The van der Waals surface area contributed by atoms with Crippen molar-refractivity contribution in [2.75, 3.05) is 0 Å². The number of hydrogen-bond donors (Lipinski definition) is 1. The van der Waals surface area contributed by atoms with Gasteiger partial charge in [-0.15, -0.1) is 0 Å². The molecule has 3 unspecified atom stereocenters. The summed E-state index contributed by atoms with van der Waals surface area (Å²) in [5.41, 5.74) is 5.50. The van der Waals surface area contributed by atoms with Crippen LogP contribution in [-0.2, 0) is 5.54 Å². The fraction of sp³-hybridized carbons (Fsp3) is 0.571. The van der Waals surface area contributed by atoms with Crippen LogP contribution in [0.15, 0.2) is 12.1 Å². The molecule has 1 aromatic carbocycles. The summed E-state index contributed by atoms with van der Waals surface area (Å²) < 4.78 is 40.2. The van der Waals surface area contributed by atoms with Gasteiger partial charge < -0.3 is 5.73 Å². The van der Waals surface area contributed by atoms with Crippen LogP contribution in [0.3, 0.4) is 0 Å². The molecule has 0 bridgehead atoms. The lowest BCUT2D eigenvalue weighted by Gasteiger charge is -2.42. The zero-order chi connectivity index (χ0) is 13.5. The van der Waals surface area contributed by atoms with Gasteiger partial charge in [-0.3, -0.25) is 0 Å². The quantitative estimate of drug-likeness (QED) is 0.762. The summed E-state index contributed by atoms with van der Waals surface area (Å²) in [6, 6.07) is 2.23. The molecule has 0 aromatic heterocycles. The molecule has 2 N–H and O–H groups in total. The van der Waals surface area contributed by atoms with Crippen molar-refractivity contribution in [1.82, 2.24) is 0 Å². The fourth-order valence-electron chi connectivity index (χ4n) is 2.93. The lowest BCUT2D eigenvalue weighted by Crippen LogP contribution is -2.48. The van der Waals surface area contributed by atoms with Crippen molar-refractivity contribution in [3.05, 3.63) is 35.1 Å². The minimum absolute atomic E-state index is 0.0491. The van der Waals surface area contributed by atoms with Crippen LogP contribution in [0.4, 0.5) is 13.2 Å². The molecule has 0 heterocycles. The molecular weight excluding hydrogens is 239 g/mol. The van der Waals surface area contributed by atoms with E-state index in [1.54, 1.807) is 0 Å². The number of hydrogen-bond acceptors (Lipinski definition) is 1. The Morgan fingerprint density at radius 1 is 1.11 bits per heavy atom. The van der Waals surface area contributed by atoms with Gasteiger partial charge in [-0.2, -0.15) is 0 Å². The van der Waals surface area contributed by atoms with Crippen LogP contribution in [0.25, 0.3) is 0 Å². The molecule has 0 saturated heterocycles. The van der Waals surface area contributed by atoms with Crippen LogP contribution < -0.4 is 5.73 Å². The van der Waals surface area contributed by atoms with Crippen molar-refractivity contribution in [2.45, 2.75) is 38.6 Å². The summed E-state index contributed by atoms with van der Waals surface area (Å²) in [5, 5.41) is 0. The van der Waals surface area contributed by atoms with E-state index in [-0.39, 0.29) is 11.5 Å². The zero-order valence-corrected chi connectivity index (χ0v) is 10.6. The number of benzene rings is 1. The fourth-order valence-corrected chi connectivity index (χ4v) is 2.93. The van der Waals surface area contributed by atoms with E-state index in [4.69, 9.17) is 5.73 Å². The maximum atomic E-state index is 13.9. The van der Waals surface area contributed by atoms with Crippen LogP contribution in [0.5, 0.6) is 0 Å². The first-order valence-electron chi connectivity index (χ1n) is 6.29. The highest BCUT2D eigenvalue weighted by molar-refractivity contribution is 5.29. The summed E-state index contributed by atoms with van der Waals surface area (Å²) in [5.74, 6) is -3.33. The van der Waals surface area contributed by atoms with E-state index in [9.17, 15) is 13.2 Å². The highest BCUT2D eigenvalue weighted by Gasteiger charge is 2.41. The third kappa shape index (κ3) is 2.03. The molecule has 18 heavy (non-hydrogen) atoms. The van der Waals surface area contributed by atoms with Gasteiger partial charge in [-0.25, -0.2) is 13.2 Å². The third-order valence-electron chi connectivity index (χ3n) is 4.19. The Morgan fingerprint density at radius 2 is 1.78 bits per heavy atom. The Hall–Kier alpha value is -1.03. The van der Waals surface area contributed by atoms with E-state index in [2.05, 4.69) is 0 Å². The summed E-state index contributed by atoms with van der Waals surface area (Å²) in [7, 11) is 0. The highest BCUT2D eigenvalue weighted by atomic mass is 19.2. The van der Waals surface area contributed by atoms with Crippen molar-refractivity contribution >= 4 is 0 Å². The molecule has 4 heteroatoms. The standard InChI is InChI=1S/C14H18F3N/c1-8-3-4-9(2)14(18,7-8)10-5-6-11(15)13(17)12(10)16/h5-6,8-9H,3-4,7,18H2,1-2H3. The van der Waals surface area contributed by atoms with Crippen LogP contribution in [0.2, 0.25) is 0 Å². The van der Waals surface area contributed by atoms with E-state index in [0.29, 0.717) is 12.3 Å². The number of nitrogens with two attached hydrogens (primary N) is 1. The average Bonchev–Trinajstić information content (AvgIpc) is 2.31. The van der Waals surface area contributed by atoms with Crippen molar-refractivity contribution in [1.29, 1.82) is 0 Å². The molecule has 1 nitrogen and oxygen atoms in total. The van der Waals surface area contributed by atoms with E-state index >= 15 is 0 Å². The summed E-state index contributed by atoms with van der Waals surface area (Å²) >= 11 is 0. The maximum Gasteiger partial charge on any atom is 0.194 e. The van der Waals surface area contributed by atoms with Gasteiger partial charge in [0.2, 0.25) is 0 Å². The Bertz CT molecular complexity index is 461. The second-order valence-corrected chi connectivity index (χ2v) is 5.55. The zero-order valence-electron chi connectivity index (χ0n) is 10.6. The molecule has 2 rings (SSSR count). The summed E-state index contributed by atoms with van der Waals surface area (Å²) in [6.45, 7) is 3.98. The van der Waals surface area contributed by atoms with Crippen molar-refractivity contribution < 1.29 is 13.2 Å². The third-order valence-corrected chi connectivity index (χ3v) is 4.19. The normalized spacial score (nSPS) is 32.6. The first-order valence-corrected chi connectivity index (χ1v) is 6.29. The van der Waals surface area contributed by atoms with Gasteiger partial charge in [0.1, 0.15) is 0 Å². The lowest BCUT2D eigenvalue weighted by molar-refractivity contribution is 0.156. The Kier molecular flexibility index (Phi) is 3.41. The molecule has 3 atom stereocenters. The molecule has 1 aromatic rings. The molecule has 1 fully saturated rings. The van der Waals surface area contributed by atoms with E-state index in [1.807, 2.05) is 13.8 Å². The largest absolute Gasteiger partial charge is 0.321 e. The minimum Gasteiger partial charge on any atom is -0.321 e. The molecule has 0 aliphatic heterocycles. The highest BCUT2D eigenvalue weighted by Crippen LogP contribution is 2.43. The molecule has 1 saturated carbocycles. The van der Waals surface area contributed by atoms with Gasteiger partial charge in [0.25, 0.3) is 0 Å².